The lowest BCUT2D eigenvalue weighted by Gasteiger charge is -2.34. The van der Waals surface area contributed by atoms with Gasteiger partial charge in [0.25, 0.3) is 5.56 Å². The topological polar surface area (TPSA) is 115 Å². The fourth-order valence-corrected chi connectivity index (χ4v) is 4.73. The smallest absolute Gasteiger partial charge is 0.290 e. The number of nitriles is 1. The Labute approximate surface area is 207 Å². The van der Waals surface area contributed by atoms with E-state index in [1.54, 1.807) is 13.2 Å². The summed E-state index contributed by atoms with van der Waals surface area (Å²) < 4.78 is 1.62. The molecule has 0 radical (unpaired) electrons. The number of carbonyl (C=O) groups excluding carboxylic acids is 1. The van der Waals surface area contributed by atoms with E-state index in [2.05, 4.69) is 60.7 Å². The summed E-state index contributed by atoms with van der Waals surface area (Å²) in [5.74, 6) is -0.0961. The number of aryl methyl sites for hydroxylation is 1. The lowest BCUT2D eigenvalue weighted by atomic mass is 10.0. The second-order valence-corrected chi connectivity index (χ2v) is 9.88. The number of carbonyl (C=O) groups is 1. The predicted octanol–water partition coefficient (Wildman–Crippen LogP) is 2.08. The first kappa shape index (κ1) is 25.0. The molecule has 2 atom stereocenters. The molecule has 1 aromatic heterocycles. The van der Waals surface area contributed by atoms with Crippen molar-refractivity contribution in [3.63, 3.8) is 0 Å². The second-order valence-electron chi connectivity index (χ2n) is 8.44. The number of alkyl halides is 1. The third kappa shape index (κ3) is 6.23. The van der Waals surface area contributed by atoms with E-state index >= 15 is 0 Å². The number of anilines is 2. The molecule has 1 saturated heterocycles. The molecule has 1 amide bonds. The fraction of sp³-hybridized carbons (Fsp3) is 0.478. The predicted molar refractivity (Wildman–Crippen MR) is 138 cm³/mol. The minimum absolute atomic E-state index is 0.0817. The van der Waals surface area contributed by atoms with Gasteiger partial charge in [0.05, 0.1) is 16.3 Å². The number of piperazine rings is 1. The van der Waals surface area contributed by atoms with Crippen LogP contribution in [0.3, 0.4) is 0 Å². The van der Waals surface area contributed by atoms with Crippen molar-refractivity contribution in [2.75, 3.05) is 36.4 Å². The molecule has 1 aliphatic heterocycles. The van der Waals surface area contributed by atoms with Gasteiger partial charge in [-0.1, -0.05) is 48.6 Å². The van der Waals surface area contributed by atoms with Gasteiger partial charge in [-0.2, -0.15) is 10.4 Å². The molecular formula is C23H30IN7O2. The number of nitrogens with zero attached hydrogens (tertiary/aromatic N) is 4. The highest BCUT2D eigenvalue weighted by Crippen LogP contribution is 2.29. The molecule has 1 aliphatic rings. The van der Waals surface area contributed by atoms with E-state index in [9.17, 15) is 9.59 Å². The van der Waals surface area contributed by atoms with Crippen LogP contribution < -0.4 is 26.4 Å². The molecule has 176 valence electrons. The van der Waals surface area contributed by atoms with Crippen LogP contribution in [0.1, 0.15) is 20.3 Å². The van der Waals surface area contributed by atoms with Gasteiger partial charge in [0, 0.05) is 37.9 Å². The van der Waals surface area contributed by atoms with Gasteiger partial charge in [-0.25, -0.2) is 4.68 Å². The van der Waals surface area contributed by atoms with Crippen molar-refractivity contribution in [2.45, 2.75) is 30.4 Å². The number of hydrogen-bond acceptors (Lipinski definition) is 7. The zero-order valence-corrected chi connectivity index (χ0v) is 21.3. The molecule has 0 bridgehead atoms. The van der Waals surface area contributed by atoms with Crippen LogP contribution in [-0.2, 0) is 11.8 Å². The van der Waals surface area contributed by atoms with Crippen molar-refractivity contribution in [3.05, 3.63) is 40.8 Å². The average molecular weight is 563 g/mol. The molecular weight excluding hydrogens is 533 g/mol. The first-order chi connectivity index (χ1) is 15.8. The van der Waals surface area contributed by atoms with Crippen LogP contribution in [0.25, 0.3) is 11.1 Å². The first-order valence-electron chi connectivity index (χ1n) is 11.0. The Morgan fingerprint density at radius 2 is 2.09 bits per heavy atom. The highest BCUT2D eigenvalue weighted by atomic mass is 127. The summed E-state index contributed by atoms with van der Waals surface area (Å²) in [4.78, 5) is 28.0. The Morgan fingerprint density at radius 1 is 1.36 bits per heavy atom. The number of rotatable bonds is 8. The maximum absolute atomic E-state index is 13.0. The minimum Gasteiger partial charge on any atom is -0.369 e. The van der Waals surface area contributed by atoms with E-state index < -0.39 is 6.04 Å². The summed E-state index contributed by atoms with van der Waals surface area (Å²) in [6, 6.07) is 9.35. The first-order valence-corrected chi connectivity index (χ1v) is 12.3. The molecule has 9 nitrogen and oxygen atoms in total. The molecule has 0 aliphatic carbocycles. The molecule has 1 fully saturated rings. The lowest BCUT2D eigenvalue weighted by Crippen LogP contribution is -2.48. The molecule has 2 heterocycles. The summed E-state index contributed by atoms with van der Waals surface area (Å²) in [6.45, 7) is 6.74. The van der Waals surface area contributed by atoms with Crippen LogP contribution in [0.5, 0.6) is 0 Å². The molecule has 33 heavy (non-hydrogen) atoms. The molecule has 0 saturated carbocycles. The Bertz CT molecular complexity index is 1060. The quantitative estimate of drug-likeness (QED) is 0.195. The largest absolute Gasteiger partial charge is 0.369 e. The third-order valence-electron chi connectivity index (χ3n) is 5.51. The Kier molecular flexibility index (Phi) is 8.68. The minimum atomic E-state index is -0.646. The van der Waals surface area contributed by atoms with Crippen molar-refractivity contribution >= 4 is 39.9 Å². The highest BCUT2D eigenvalue weighted by Gasteiger charge is 2.24. The van der Waals surface area contributed by atoms with Gasteiger partial charge < -0.3 is 20.9 Å². The van der Waals surface area contributed by atoms with Crippen molar-refractivity contribution in [2.24, 2.45) is 13.0 Å². The van der Waals surface area contributed by atoms with Crippen LogP contribution in [0, 0.1) is 17.2 Å². The van der Waals surface area contributed by atoms with Crippen molar-refractivity contribution < 1.29 is 4.79 Å². The number of benzene rings is 1. The van der Waals surface area contributed by atoms with Gasteiger partial charge in [0.1, 0.15) is 18.3 Å². The van der Waals surface area contributed by atoms with E-state index in [0.717, 1.165) is 30.9 Å². The summed E-state index contributed by atoms with van der Waals surface area (Å²) in [6.07, 6.45) is 2.16. The maximum Gasteiger partial charge on any atom is 0.290 e. The van der Waals surface area contributed by atoms with Crippen molar-refractivity contribution in [3.8, 4) is 17.2 Å². The van der Waals surface area contributed by atoms with Crippen LogP contribution >= 0.6 is 22.6 Å². The van der Waals surface area contributed by atoms with Crippen LogP contribution in [0.2, 0.25) is 0 Å². The number of hydrogen-bond donors (Lipinski definition) is 3. The molecule has 3 N–H and O–H groups in total. The van der Waals surface area contributed by atoms with E-state index in [0.29, 0.717) is 21.7 Å². The fourth-order valence-electron chi connectivity index (χ4n) is 3.82. The Balaban J connectivity index is 1.94. The maximum atomic E-state index is 13.0. The standard InChI is InChI=1S/C23H30IN7O2/c1-15(2)12-19(22(32)27-9-8-25)29-21-18(13-28-30(3)23(21)33)16-4-6-17(7-5-16)31-11-10-26-14-20(31)24/h4-7,13,15,19-20,26,29H,9-12,14H2,1-3H3,(H,27,32)/t19-,20?/m0/s1. The zero-order valence-electron chi connectivity index (χ0n) is 19.1. The van der Waals surface area contributed by atoms with Gasteiger partial charge in [-0.05, 0) is 30.0 Å². The van der Waals surface area contributed by atoms with Crippen LogP contribution in [0.15, 0.2) is 35.3 Å². The van der Waals surface area contributed by atoms with E-state index in [4.69, 9.17) is 5.26 Å². The molecule has 2 aromatic rings. The van der Waals surface area contributed by atoms with E-state index in [1.165, 1.54) is 4.68 Å². The van der Waals surface area contributed by atoms with Gasteiger partial charge in [0.15, 0.2) is 0 Å². The number of nitrogens with one attached hydrogen (secondary N) is 3. The summed E-state index contributed by atoms with van der Waals surface area (Å²) in [5, 5.41) is 22.2. The van der Waals surface area contributed by atoms with Gasteiger partial charge in [0.2, 0.25) is 5.91 Å². The van der Waals surface area contributed by atoms with E-state index in [1.807, 2.05) is 32.0 Å². The number of amides is 1. The third-order valence-corrected chi connectivity index (χ3v) is 6.62. The summed E-state index contributed by atoms with van der Waals surface area (Å²) in [5.41, 5.74) is 2.62. The van der Waals surface area contributed by atoms with Gasteiger partial charge >= 0.3 is 0 Å². The van der Waals surface area contributed by atoms with Gasteiger partial charge in [-0.3, -0.25) is 9.59 Å². The molecule has 3 rings (SSSR count). The average Bonchev–Trinajstić information content (AvgIpc) is 2.80. The lowest BCUT2D eigenvalue weighted by molar-refractivity contribution is -0.121. The normalized spacial score (nSPS) is 16.8. The van der Waals surface area contributed by atoms with Crippen LogP contribution in [-0.4, -0.2) is 52.0 Å². The second kappa shape index (κ2) is 11.5. The van der Waals surface area contributed by atoms with Crippen molar-refractivity contribution in [1.82, 2.24) is 20.4 Å². The number of aromatic nitrogens is 2. The SMILES string of the molecule is CC(C)C[C@H](Nc1c(-c2ccc(N3CCNCC3I)cc2)cnn(C)c1=O)C(=O)NCC#N. The Morgan fingerprint density at radius 3 is 2.73 bits per heavy atom. The van der Waals surface area contributed by atoms with E-state index in [-0.39, 0.29) is 23.9 Å². The molecule has 1 unspecified atom stereocenters. The van der Waals surface area contributed by atoms with Crippen LogP contribution in [0.4, 0.5) is 11.4 Å². The summed E-state index contributed by atoms with van der Waals surface area (Å²) >= 11 is 2.44. The molecule has 1 aromatic carbocycles. The highest BCUT2D eigenvalue weighted by molar-refractivity contribution is 14.1. The monoisotopic (exact) mass is 563 g/mol. The van der Waals surface area contributed by atoms with Gasteiger partial charge in [-0.15, -0.1) is 0 Å². The molecule has 10 heteroatoms. The zero-order chi connectivity index (χ0) is 24.0. The molecule has 0 spiro atoms. The number of halogens is 1. The Hall–Kier alpha value is -2.65. The summed E-state index contributed by atoms with van der Waals surface area (Å²) in [7, 11) is 1.58. The van der Waals surface area contributed by atoms with Crippen molar-refractivity contribution in [1.29, 1.82) is 5.26 Å².